The molecule has 8 nitrogen and oxygen atoms in total. The van der Waals surface area contributed by atoms with Crippen LogP contribution in [-0.2, 0) is 0 Å². The van der Waals surface area contributed by atoms with Gasteiger partial charge in [0, 0.05) is 66.8 Å². The molecule has 1 aliphatic rings. The van der Waals surface area contributed by atoms with Crippen molar-refractivity contribution < 1.29 is 9.59 Å². The van der Waals surface area contributed by atoms with Gasteiger partial charge in [-0.2, -0.15) is 5.10 Å². The minimum atomic E-state index is -0.109. The molecule has 0 atom stereocenters. The summed E-state index contributed by atoms with van der Waals surface area (Å²) in [5.74, 6) is -0.114. The lowest BCUT2D eigenvalue weighted by atomic mass is 10.1. The summed E-state index contributed by atoms with van der Waals surface area (Å²) in [6, 6.07) is 13.0. The second kappa shape index (κ2) is 7.47. The number of hydrogen-bond acceptors (Lipinski definition) is 4. The SMILES string of the molecule is O=C(c1cc(-c2ccncc2)n[nH]1)N1CCN(C(=O)c2cccc3[nH]ccc23)CC1. The highest BCUT2D eigenvalue weighted by Crippen LogP contribution is 2.21. The number of fused-ring (bicyclic) bond motifs is 1. The first-order valence-electron chi connectivity index (χ1n) is 9.81. The molecule has 30 heavy (non-hydrogen) atoms. The molecule has 4 aromatic rings. The molecule has 8 heteroatoms. The number of carbonyl (C=O) groups excluding carboxylic acids is 2. The maximum absolute atomic E-state index is 13.0. The fourth-order valence-corrected chi connectivity index (χ4v) is 3.83. The molecule has 0 unspecified atom stereocenters. The number of pyridine rings is 1. The Labute approximate surface area is 172 Å². The van der Waals surface area contributed by atoms with Crippen molar-refractivity contribution in [1.29, 1.82) is 0 Å². The minimum absolute atomic E-state index is 0.00573. The van der Waals surface area contributed by atoms with Crippen LogP contribution in [0, 0.1) is 0 Å². The molecule has 0 saturated carbocycles. The van der Waals surface area contributed by atoms with Gasteiger partial charge in [0.25, 0.3) is 11.8 Å². The summed E-state index contributed by atoms with van der Waals surface area (Å²) in [5.41, 5.74) is 3.67. The Bertz CT molecular complexity index is 1200. The zero-order chi connectivity index (χ0) is 20.5. The normalized spacial score (nSPS) is 14.3. The molecule has 0 aliphatic carbocycles. The van der Waals surface area contributed by atoms with Crippen LogP contribution in [0.25, 0.3) is 22.2 Å². The largest absolute Gasteiger partial charge is 0.361 e. The van der Waals surface area contributed by atoms with E-state index in [0.717, 1.165) is 16.5 Å². The predicted molar refractivity (Wildman–Crippen MR) is 112 cm³/mol. The Balaban J connectivity index is 1.26. The van der Waals surface area contributed by atoms with Gasteiger partial charge in [0.1, 0.15) is 5.69 Å². The van der Waals surface area contributed by atoms with Crippen LogP contribution >= 0.6 is 0 Å². The van der Waals surface area contributed by atoms with Gasteiger partial charge in [0.05, 0.1) is 5.69 Å². The van der Waals surface area contributed by atoms with E-state index in [9.17, 15) is 9.59 Å². The van der Waals surface area contributed by atoms with Crippen LogP contribution in [-0.4, -0.2) is 68.0 Å². The first-order valence-corrected chi connectivity index (χ1v) is 9.81. The lowest BCUT2D eigenvalue weighted by Crippen LogP contribution is -2.50. The summed E-state index contributed by atoms with van der Waals surface area (Å²) >= 11 is 0. The van der Waals surface area contributed by atoms with E-state index in [1.54, 1.807) is 28.3 Å². The van der Waals surface area contributed by atoms with Crippen molar-refractivity contribution in [3.63, 3.8) is 0 Å². The maximum atomic E-state index is 13.0. The fraction of sp³-hybridized carbons (Fsp3) is 0.182. The van der Waals surface area contributed by atoms with E-state index in [4.69, 9.17) is 0 Å². The lowest BCUT2D eigenvalue weighted by molar-refractivity contribution is 0.0533. The van der Waals surface area contributed by atoms with E-state index in [0.29, 0.717) is 43.1 Å². The Morgan fingerprint density at radius 3 is 2.40 bits per heavy atom. The number of amides is 2. The highest BCUT2D eigenvalue weighted by molar-refractivity contribution is 6.06. The molecular formula is C22H20N6O2. The zero-order valence-corrected chi connectivity index (χ0v) is 16.2. The zero-order valence-electron chi connectivity index (χ0n) is 16.2. The maximum Gasteiger partial charge on any atom is 0.272 e. The van der Waals surface area contributed by atoms with Crippen molar-refractivity contribution in [1.82, 2.24) is 30.0 Å². The smallest absolute Gasteiger partial charge is 0.272 e. The average molecular weight is 400 g/mol. The van der Waals surface area contributed by atoms with Gasteiger partial charge in [0.15, 0.2) is 0 Å². The summed E-state index contributed by atoms with van der Waals surface area (Å²) in [5, 5.41) is 7.99. The van der Waals surface area contributed by atoms with E-state index in [-0.39, 0.29) is 11.8 Å². The van der Waals surface area contributed by atoms with Crippen LogP contribution < -0.4 is 0 Å². The number of rotatable bonds is 3. The van der Waals surface area contributed by atoms with Crippen LogP contribution in [0.3, 0.4) is 0 Å². The second-order valence-electron chi connectivity index (χ2n) is 7.23. The van der Waals surface area contributed by atoms with Crippen molar-refractivity contribution >= 4 is 22.7 Å². The first-order chi connectivity index (χ1) is 14.7. The Kier molecular flexibility index (Phi) is 4.51. The van der Waals surface area contributed by atoms with Gasteiger partial charge < -0.3 is 14.8 Å². The number of piperazine rings is 1. The molecule has 1 fully saturated rings. The number of benzene rings is 1. The van der Waals surface area contributed by atoms with Crippen molar-refractivity contribution in [2.24, 2.45) is 0 Å². The van der Waals surface area contributed by atoms with E-state index in [1.807, 2.05) is 42.6 Å². The molecule has 4 heterocycles. The Morgan fingerprint density at radius 1 is 0.900 bits per heavy atom. The average Bonchev–Trinajstić information content (AvgIpc) is 3.48. The second-order valence-corrected chi connectivity index (χ2v) is 7.23. The molecule has 3 aromatic heterocycles. The molecule has 1 saturated heterocycles. The number of aromatic amines is 2. The molecule has 0 spiro atoms. The standard InChI is InChI=1S/C22H20N6O2/c29-21(17-2-1-3-18-16(17)6-9-24-18)27-10-12-28(13-11-27)22(30)20-14-19(25-26-20)15-4-7-23-8-5-15/h1-9,14,24H,10-13H2,(H,25,26). The number of nitrogens with zero attached hydrogens (tertiary/aromatic N) is 4. The van der Waals surface area contributed by atoms with Crippen LogP contribution in [0.2, 0.25) is 0 Å². The summed E-state index contributed by atoms with van der Waals surface area (Å²) in [6.07, 6.45) is 5.22. The first kappa shape index (κ1) is 18.1. The van der Waals surface area contributed by atoms with Gasteiger partial charge in [0.2, 0.25) is 0 Å². The molecule has 0 radical (unpaired) electrons. The van der Waals surface area contributed by atoms with E-state index in [2.05, 4.69) is 20.2 Å². The summed E-state index contributed by atoms with van der Waals surface area (Å²) in [4.78, 5) is 36.6. The van der Waals surface area contributed by atoms with Crippen LogP contribution in [0.1, 0.15) is 20.8 Å². The Hall–Kier alpha value is -3.94. The number of nitrogens with one attached hydrogen (secondary N) is 2. The van der Waals surface area contributed by atoms with Crippen molar-refractivity contribution in [3.8, 4) is 11.3 Å². The summed E-state index contributed by atoms with van der Waals surface area (Å²) in [7, 11) is 0. The van der Waals surface area contributed by atoms with Crippen molar-refractivity contribution in [2.45, 2.75) is 0 Å². The van der Waals surface area contributed by atoms with Crippen LogP contribution in [0.5, 0.6) is 0 Å². The van der Waals surface area contributed by atoms with E-state index in [1.165, 1.54) is 0 Å². The molecule has 1 aliphatic heterocycles. The van der Waals surface area contributed by atoms with Gasteiger partial charge in [-0.3, -0.25) is 19.7 Å². The van der Waals surface area contributed by atoms with Gasteiger partial charge in [-0.1, -0.05) is 6.07 Å². The fourth-order valence-electron chi connectivity index (χ4n) is 3.83. The quantitative estimate of drug-likeness (QED) is 0.552. The van der Waals surface area contributed by atoms with Crippen LogP contribution in [0.15, 0.2) is 61.1 Å². The van der Waals surface area contributed by atoms with Gasteiger partial charge in [-0.05, 0) is 36.4 Å². The van der Waals surface area contributed by atoms with Crippen molar-refractivity contribution in [2.75, 3.05) is 26.2 Å². The topological polar surface area (TPSA) is 98.0 Å². The molecule has 2 N–H and O–H groups in total. The number of aromatic nitrogens is 4. The number of H-pyrrole nitrogens is 2. The molecule has 0 bridgehead atoms. The summed E-state index contributed by atoms with van der Waals surface area (Å²) in [6.45, 7) is 1.96. The molecular weight excluding hydrogens is 380 g/mol. The molecule has 1 aromatic carbocycles. The number of carbonyl (C=O) groups is 2. The highest BCUT2D eigenvalue weighted by atomic mass is 16.2. The van der Waals surface area contributed by atoms with Gasteiger partial charge in [-0.25, -0.2) is 0 Å². The monoisotopic (exact) mass is 400 g/mol. The van der Waals surface area contributed by atoms with E-state index >= 15 is 0 Å². The third-order valence-electron chi connectivity index (χ3n) is 5.46. The molecule has 2 amide bonds. The van der Waals surface area contributed by atoms with E-state index < -0.39 is 0 Å². The third kappa shape index (κ3) is 3.22. The summed E-state index contributed by atoms with van der Waals surface area (Å²) < 4.78 is 0. The lowest BCUT2D eigenvalue weighted by Gasteiger charge is -2.34. The number of hydrogen-bond donors (Lipinski definition) is 2. The molecule has 150 valence electrons. The predicted octanol–water partition coefficient (Wildman–Crippen LogP) is 2.55. The highest BCUT2D eigenvalue weighted by Gasteiger charge is 2.27. The third-order valence-corrected chi connectivity index (χ3v) is 5.46. The van der Waals surface area contributed by atoms with Crippen molar-refractivity contribution in [3.05, 3.63) is 72.3 Å². The van der Waals surface area contributed by atoms with Gasteiger partial charge in [-0.15, -0.1) is 0 Å². The van der Waals surface area contributed by atoms with Gasteiger partial charge >= 0.3 is 0 Å². The molecule has 5 rings (SSSR count). The minimum Gasteiger partial charge on any atom is -0.361 e. The Morgan fingerprint density at radius 2 is 1.63 bits per heavy atom. The van der Waals surface area contributed by atoms with Crippen LogP contribution in [0.4, 0.5) is 0 Å².